The molecular formula is C27H28N4O3. The molecular weight excluding hydrogens is 428 g/mol. The van der Waals surface area contributed by atoms with Crippen LogP contribution in [0.25, 0.3) is 6.08 Å². The molecule has 1 aliphatic heterocycles. The molecule has 0 atom stereocenters. The Morgan fingerprint density at radius 3 is 2.44 bits per heavy atom. The van der Waals surface area contributed by atoms with Gasteiger partial charge in [0.15, 0.2) is 0 Å². The molecule has 1 N–H and O–H groups in total. The van der Waals surface area contributed by atoms with Crippen molar-refractivity contribution in [1.29, 1.82) is 0 Å². The van der Waals surface area contributed by atoms with Crippen molar-refractivity contribution in [2.75, 3.05) is 43.5 Å². The average molecular weight is 457 g/mol. The fraction of sp³-hybridized carbons (Fsp3) is 0.222. The molecule has 7 nitrogen and oxygen atoms in total. The van der Waals surface area contributed by atoms with Gasteiger partial charge in [0.1, 0.15) is 11.6 Å². The van der Waals surface area contributed by atoms with Crippen molar-refractivity contribution in [3.63, 3.8) is 0 Å². The largest absolute Gasteiger partial charge is 0.497 e. The van der Waals surface area contributed by atoms with Crippen molar-refractivity contribution in [2.45, 2.75) is 6.42 Å². The number of methoxy groups -OCH3 is 1. The predicted octanol–water partition coefficient (Wildman–Crippen LogP) is 4.09. The summed E-state index contributed by atoms with van der Waals surface area (Å²) in [6, 6.07) is 20.6. The molecule has 34 heavy (non-hydrogen) atoms. The van der Waals surface area contributed by atoms with Crippen molar-refractivity contribution >= 4 is 29.4 Å². The van der Waals surface area contributed by atoms with Gasteiger partial charge in [0, 0.05) is 37.8 Å². The van der Waals surface area contributed by atoms with E-state index >= 15 is 0 Å². The number of rotatable bonds is 6. The van der Waals surface area contributed by atoms with Crippen molar-refractivity contribution in [3.8, 4) is 5.75 Å². The second-order valence-electron chi connectivity index (χ2n) is 8.00. The number of carbonyl (C=O) groups excluding carboxylic acids is 2. The van der Waals surface area contributed by atoms with Crippen LogP contribution in [0.15, 0.2) is 79.0 Å². The molecule has 0 unspecified atom stereocenters. The summed E-state index contributed by atoms with van der Waals surface area (Å²) < 4.78 is 5.17. The summed E-state index contributed by atoms with van der Waals surface area (Å²) in [6.45, 7) is 2.82. The third-order valence-corrected chi connectivity index (χ3v) is 5.69. The SMILES string of the molecule is COc1ccc(C(=O)N2CCCN(c3ccc(NC(=O)/C=C/c4ccccc4)cn3)CC2)cc1. The van der Waals surface area contributed by atoms with Crippen molar-refractivity contribution in [1.82, 2.24) is 9.88 Å². The van der Waals surface area contributed by atoms with Gasteiger partial charge in [-0.15, -0.1) is 0 Å². The van der Waals surface area contributed by atoms with Crippen LogP contribution in [0.5, 0.6) is 5.75 Å². The topological polar surface area (TPSA) is 74.8 Å². The standard InChI is InChI=1S/C27H28N4O3/c1-34-24-12-9-22(10-13-24)27(33)31-17-5-16-30(18-19-31)25-14-11-23(20-28-25)29-26(32)15-8-21-6-3-2-4-7-21/h2-4,6-15,20H,5,16-19H2,1H3,(H,29,32)/b15-8+. The molecule has 0 spiro atoms. The van der Waals surface area contributed by atoms with E-state index in [2.05, 4.69) is 15.2 Å². The summed E-state index contributed by atoms with van der Waals surface area (Å²) in [6.07, 6.45) is 5.79. The number of benzene rings is 2. The first-order valence-corrected chi connectivity index (χ1v) is 11.3. The van der Waals surface area contributed by atoms with Crippen molar-refractivity contribution in [3.05, 3.63) is 90.1 Å². The lowest BCUT2D eigenvalue weighted by molar-refractivity contribution is -0.111. The first-order chi connectivity index (χ1) is 16.6. The number of anilines is 2. The Morgan fingerprint density at radius 2 is 1.74 bits per heavy atom. The molecule has 7 heteroatoms. The van der Waals surface area contributed by atoms with Gasteiger partial charge in [-0.25, -0.2) is 4.98 Å². The fourth-order valence-corrected chi connectivity index (χ4v) is 3.83. The summed E-state index contributed by atoms with van der Waals surface area (Å²) in [5, 5.41) is 2.83. The molecule has 0 radical (unpaired) electrons. The predicted molar refractivity (Wildman–Crippen MR) is 134 cm³/mol. The highest BCUT2D eigenvalue weighted by Crippen LogP contribution is 2.18. The number of amides is 2. The zero-order chi connectivity index (χ0) is 23.8. The van der Waals surface area contributed by atoms with E-state index in [-0.39, 0.29) is 11.8 Å². The Bertz CT molecular complexity index is 1130. The van der Waals surface area contributed by atoms with Gasteiger partial charge >= 0.3 is 0 Å². The average Bonchev–Trinajstić information content (AvgIpc) is 3.15. The number of ether oxygens (including phenoxy) is 1. The highest BCUT2D eigenvalue weighted by atomic mass is 16.5. The molecule has 0 bridgehead atoms. The maximum atomic E-state index is 12.9. The lowest BCUT2D eigenvalue weighted by Gasteiger charge is -2.23. The second-order valence-corrected chi connectivity index (χ2v) is 8.00. The van der Waals surface area contributed by atoms with Crippen molar-refractivity contribution < 1.29 is 14.3 Å². The first-order valence-electron chi connectivity index (χ1n) is 11.3. The number of nitrogens with one attached hydrogen (secondary N) is 1. The van der Waals surface area contributed by atoms with E-state index in [1.807, 2.05) is 47.4 Å². The summed E-state index contributed by atoms with van der Waals surface area (Å²) in [5.41, 5.74) is 2.26. The summed E-state index contributed by atoms with van der Waals surface area (Å²) in [5.74, 6) is 1.38. The number of carbonyl (C=O) groups is 2. The molecule has 1 fully saturated rings. The lowest BCUT2D eigenvalue weighted by Crippen LogP contribution is -2.35. The number of pyridine rings is 1. The van der Waals surface area contributed by atoms with E-state index in [0.717, 1.165) is 30.1 Å². The van der Waals surface area contributed by atoms with Gasteiger partial charge in [0.2, 0.25) is 5.91 Å². The highest BCUT2D eigenvalue weighted by Gasteiger charge is 2.21. The van der Waals surface area contributed by atoms with Crippen LogP contribution >= 0.6 is 0 Å². The van der Waals surface area contributed by atoms with E-state index in [1.165, 1.54) is 6.08 Å². The molecule has 2 aromatic carbocycles. The van der Waals surface area contributed by atoms with E-state index in [9.17, 15) is 9.59 Å². The van der Waals surface area contributed by atoms with Crippen LogP contribution in [0.1, 0.15) is 22.3 Å². The molecule has 1 aliphatic rings. The second kappa shape index (κ2) is 11.1. The Hall–Kier alpha value is -4.13. The Kier molecular flexibility index (Phi) is 7.55. The zero-order valence-corrected chi connectivity index (χ0v) is 19.2. The molecule has 1 saturated heterocycles. The molecule has 3 aromatic rings. The number of nitrogens with zero attached hydrogens (tertiary/aromatic N) is 3. The van der Waals surface area contributed by atoms with Crippen LogP contribution in [-0.2, 0) is 4.79 Å². The Morgan fingerprint density at radius 1 is 0.941 bits per heavy atom. The van der Waals surface area contributed by atoms with Gasteiger partial charge in [-0.05, 0) is 54.5 Å². The number of hydrogen-bond acceptors (Lipinski definition) is 5. The summed E-state index contributed by atoms with van der Waals surface area (Å²) in [4.78, 5) is 33.7. The lowest BCUT2D eigenvalue weighted by atomic mass is 10.2. The molecule has 2 heterocycles. The minimum atomic E-state index is -0.208. The van der Waals surface area contributed by atoms with Gasteiger partial charge in [0.25, 0.3) is 5.91 Å². The van der Waals surface area contributed by atoms with Crippen LogP contribution in [0, 0.1) is 0 Å². The first kappa shape index (κ1) is 23.0. The van der Waals surface area contributed by atoms with Crippen LogP contribution in [0.3, 0.4) is 0 Å². The smallest absolute Gasteiger partial charge is 0.253 e. The van der Waals surface area contributed by atoms with Gasteiger partial charge < -0.3 is 19.9 Å². The molecule has 174 valence electrons. The van der Waals surface area contributed by atoms with Gasteiger partial charge in [0.05, 0.1) is 19.0 Å². The van der Waals surface area contributed by atoms with Gasteiger partial charge in [-0.3, -0.25) is 9.59 Å². The maximum absolute atomic E-state index is 12.9. The minimum absolute atomic E-state index is 0.0269. The molecule has 2 amide bonds. The van der Waals surface area contributed by atoms with Crippen LogP contribution in [0.4, 0.5) is 11.5 Å². The third kappa shape index (κ3) is 6.01. The Balaban J connectivity index is 1.31. The van der Waals surface area contributed by atoms with E-state index < -0.39 is 0 Å². The van der Waals surface area contributed by atoms with Crippen LogP contribution in [-0.4, -0.2) is 55.0 Å². The number of aromatic nitrogens is 1. The van der Waals surface area contributed by atoms with E-state index in [0.29, 0.717) is 30.9 Å². The summed E-state index contributed by atoms with van der Waals surface area (Å²) >= 11 is 0. The van der Waals surface area contributed by atoms with E-state index in [4.69, 9.17) is 4.74 Å². The van der Waals surface area contributed by atoms with Crippen molar-refractivity contribution in [2.24, 2.45) is 0 Å². The monoisotopic (exact) mass is 456 g/mol. The fourth-order valence-electron chi connectivity index (χ4n) is 3.83. The quantitative estimate of drug-likeness (QED) is 0.566. The third-order valence-electron chi connectivity index (χ3n) is 5.69. The Labute approximate surface area is 199 Å². The zero-order valence-electron chi connectivity index (χ0n) is 19.2. The normalized spacial score (nSPS) is 14.0. The molecule has 0 saturated carbocycles. The van der Waals surface area contributed by atoms with E-state index in [1.54, 1.807) is 43.6 Å². The van der Waals surface area contributed by atoms with Gasteiger partial charge in [-0.2, -0.15) is 0 Å². The van der Waals surface area contributed by atoms with Gasteiger partial charge in [-0.1, -0.05) is 30.3 Å². The highest BCUT2D eigenvalue weighted by molar-refractivity contribution is 6.01. The molecule has 1 aromatic heterocycles. The molecule has 4 rings (SSSR count). The maximum Gasteiger partial charge on any atom is 0.253 e. The molecule has 0 aliphatic carbocycles. The van der Waals surface area contributed by atoms with Crippen LogP contribution < -0.4 is 15.0 Å². The minimum Gasteiger partial charge on any atom is -0.497 e. The number of hydrogen-bond donors (Lipinski definition) is 1. The van der Waals surface area contributed by atoms with Crippen LogP contribution in [0.2, 0.25) is 0 Å². The summed E-state index contributed by atoms with van der Waals surface area (Å²) in [7, 11) is 1.61.